The highest BCUT2D eigenvalue weighted by Crippen LogP contribution is 2.23. The Kier molecular flexibility index (Phi) is 5.95. The second-order valence-corrected chi connectivity index (χ2v) is 6.45. The molecule has 0 aliphatic carbocycles. The average Bonchev–Trinajstić information content (AvgIpc) is 3.32. The molecular formula is C19H20N2O7. The summed E-state index contributed by atoms with van der Waals surface area (Å²) < 4.78 is 15.7. The van der Waals surface area contributed by atoms with Gasteiger partial charge in [0.2, 0.25) is 0 Å². The van der Waals surface area contributed by atoms with E-state index in [2.05, 4.69) is 10.6 Å². The van der Waals surface area contributed by atoms with Gasteiger partial charge in [0, 0.05) is 18.4 Å². The fourth-order valence-corrected chi connectivity index (χ4v) is 2.92. The summed E-state index contributed by atoms with van der Waals surface area (Å²) in [6.45, 7) is 0.252. The van der Waals surface area contributed by atoms with E-state index in [-0.39, 0.29) is 25.4 Å². The van der Waals surface area contributed by atoms with Gasteiger partial charge in [-0.1, -0.05) is 6.07 Å². The molecule has 2 heterocycles. The molecule has 1 aliphatic heterocycles. The molecule has 1 unspecified atom stereocenters. The van der Waals surface area contributed by atoms with Gasteiger partial charge in [-0.25, -0.2) is 0 Å². The third kappa shape index (κ3) is 5.10. The molecule has 9 heteroatoms. The SMILES string of the molecule is O=C(O)CC1(NC(=O)COc2cccc(NC(=O)c3ccco3)c2)CCOC1. The van der Waals surface area contributed by atoms with Gasteiger partial charge in [0.1, 0.15) is 5.75 Å². The number of aliphatic carboxylic acids is 1. The third-order valence-corrected chi connectivity index (χ3v) is 4.20. The number of carbonyl (C=O) groups is 3. The van der Waals surface area contributed by atoms with Gasteiger partial charge < -0.3 is 29.6 Å². The Morgan fingerprint density at radius 1 is 1.21 bits per heavy atom. The quantitative estimate of drug-likeness (QED) is 0.627. The molecule has 2 aromatic rings. The topological polar surface area (TPSA) is 127 Å². The smallest absolute Gasteiger partial charge is 0.305 e. The maximum absolute atomic E-state index is 12.2. The number of rotatable bonds is 8. The number of ether oxygens (including phenoxy) is 2. The number of hydrogen-bond donors (Lipinski definition) is 3. The van der Waals surface area contributed by atoms with E-state index in [0.717, 1.165) is 0 Å². The molecule has 1 saturated heterocycles. The first-order valence-corrected chi connectivity index (χ1v) is 8.64. The lowest BCUT2D eigenvalue weighted by Gasteiger charge is -2.26. The predicted octanol–water partition coefficient (Wildman–Crippen LogP) is 1.66. The third-order valence-electron chi connectivity index (χ3n) is 4.20. The monoisotopic (exact) mass is 388 g/mol. The predicted molar refractivity (Wildman–Crippen MR) is 97.2 cm³/mol. The minimum absolute atomic E-state index is 0.152. The number of carboxylic acid groups (broad SMARTS) is 1. The number of hydrogen-bond acceptors (Lipinski definition) is 6. The van der Waals surface area contributed by atoms with Crippen LogP contribution in [0.15, 0.2) is 47.1 Å². The molecule has 1 aromatic heterocycles. The summed E-state index contributed by atoms with van der Waals surface area (Å²) >= 11 is 0. The molecule has 1 fully saturated rings. The Morgan fingerprint density at radius 2 is 2.07 bits per heavy atom. The van der Waals surface area contributed by atoms with Crippen LogP contribution < -0.4 is 15.4 Å². The minimum Gasteiger partial charge on any atom is -0.484 e. The van der Waals surface area contributed by atoms with Gasteiger partial charge in [-0.2, -0.15) is 0 Å². The Labute approximate surface area is 160 Å². The van der Waals surface area contributed by atoms with E-state index in [1.165, 1.54) is 6.26 Å². The molecule has 148 valence electrons. The highest BCUT2D eigenvalue weighted by Gasteiger charge is 2.38. The fourth-order valence-electron chi connectivity index (χ4n) is 2.92. The summed E-state index contributed by atoms with van der Waals surface area (Å²) in [6, 6.07) is 9.70. The minimum atomic E-state index is -1.01. The first-order chi connectivity index (χ1) is 13.5. The second-order valence-electron chi connectivity index (χ2n) is 6.45. The maximum Gasteiger partial charge on any atom is 0.305 e. The summed E-state index contributed by atoms with van der Waals surface area (Å²) in [4.78, 5) is 35.3. The summed E-state index contributed by atoms with van der Waals surface area (Å²) in [6.07, 6.45) is 1.62. The molecular weight excluding hydrogens is 368 g/mol. The van der Waals surface area contributed by atoms with Gasteiger partial charge >= 0.3 is 5.97 Å². The van der Waals surface area contributed by atoms with E-state index in [4.69, 9.17) is 19.0 Å². The van der Waals surface area contributed by atoms with Crippen LogP contribution in [0.3, 0.4) is 0 Å². The molecule has 28 heavy (non-hydrogen) atoms. The molecule has 2 amide bonds. The van der Waals surface area contributed by atoms with Crippen molar-refractivity contribution in [3.8, 4) is 5.75 Å². The summed E-state index contributed by atoms with van der Waals surface area (Å²) in [5.74, 6) is -1.31. The van der Waals surface area contributed by atoms with Gasteiger partial charge in [0.05, 0.1) is 24.8 Å². The van der Waals surface area contributed by atoms with Gasteiger partial charge in [-0.05, 0) is 30.7 Å². The zero-order chi connectivity index (χ0) is 20.0. The van der Waals surface area contributed by atoms with Crippen LogP contribution >= 0.6 is 0 Å². The number of anilines is 1. The van der Waals surface area contributed by atoms with Crippen LogP contribution in [0.4, 0.5) is 5.69 Å². The maximum atomic E-state index is 12.2. The van der Waals surface area contributed by atoms with Gasteiger partial charge in [-0.3, -0.25) is 14.4 Å². The van der Waals surface area contributed by atoms with Crippen molar-refractivity contribution in [3.05, 3.63) is 48.4 Å². The van der Waals surface area contributed by atoms with Crippen LogP contribution in [0.1, 0.15) is 23.4 Å². The average molecular weight is 388 g/mol. The molecule has 3 rings (SSSR count). The zero-order valence-corrected chi connectivity index (χ0v) is 15.0. The highest BCUT2D eigenvalue weighted by molar-refractivity contribution is 6.02. The Bertz CT molecular complexity index is 842. The number of carboxylic acids is 1. The van der Waals surface area contributed by atoms with Crippen LogP contribution in [0.5, 0.6) is 5.75 Å². The van der Waals surface area contributed by atoms with Crippen molar-refractivity contribution >= 4 is 23.5 Å². The first kappa shape index (κ1) is 19.4. The summed E-state index contributed by atoms with van der Waals surface area (Å²) in [7, 11) is 0. The lowest BCUT2D eigenvalue weighted by molar-refractivity contribution is -0.139. The number of benzene rings is 1. The van der Waals surface area contributed by atoms with Crippen molar-refractivity contribution in [2.24, 2.45) is 0 Å². The molecule has 0 radical (unpaired) electrons. The van der Waals surface area contributed by atoms with Crippen LogP contribution in [0, 0.1) is 0 Å². The molecule has 1 aromatic carbocycles. The Balaban J connectivity index is 1.54. The van der Waals surface area contributed by atoms with Crippen molar-refractivity contribution in [1.82, 2.24) is 5.32 Å². The standard InChI is InChI=1S/C19H20N2O7/c22-16(21-19(10-17(23)24)6-8-26-12-19)11-28-14-4-1-3-13(9-14)20-18(25)15-5-2-7-27-15/h1-5,7,9H,6,8,10-12H2,(H,20,25)(H,21,22)(H,23,24). The van der Waals surface area contributed by atoms with Crippen LogP contribution in [0.25, 0.3) is 0 Å². The van der Waals surface area contributed by atoms with Gasteiger partial charge in [0.15, 0.2) is 12.4 Å². The van der Waals surface area contributed by atoms with Crippen molar-refractivity contribution in [3.63, 3.8) is 0 Å². The van der Waals surface area contributed by atoms with E-state index in [1.807, 2.05) is 0 Å². The van der Waals surface area contributed by atoms with E-state index in [1.54, 1.807) is 36.4 Å². The Hall–Kier alpha value is -3.33. The fraction of sp³-hybridized carbons (Fsp3) is 0.316. The lowest BCUT2D eigenvalue weighted by atomic mass is 9.94. The normalized spacial score (nSPS) is 18.4. The first-order valence-electron chi connectivity index (χ1n) is 8.64. The number of nitrogens with one attached hydrogen (secondary N) is 2. The largest absolute Gasteiger partial charge is 0.484 e. The second kappa shape index (κ2) is 8.57. The van der Waals surface area contributed by atoms with Crippen LogP contribution in [-0.4, -0.2) is 48.2 Å². The number of carbonyl (C=O) groups excluding carboxylic acids is 2. The van der Waals surface area contributed by atoms with E-state index < -0.39 is 23.3 Å². The lowest BCUT2D eigenvalue weighted by Crippen LogP contribution is -2.51. The van der Waals surface area contributed by atoms with E-state index in [9.17, 15) is 14.4 Å². The zero-order valence-electron chi connectivity index (χ0n) is 15.0. The molecule has 0 bridgehead atoms. The Morgan fingerprint density at radius 3 is 2.75 bits per heavy atom. The highest BCUT2D eigenvalue weighted by atomic mass is 16.5. The van der Waals surface area contributed by atoms with Crippen LogP contribution in [0.2, 0.25) is 0 Å². The number of furan rings is 1. The van der Waals surface area contributed by atoms with Crippen molar-refractivity contribution < 1.29 is 33.4 Å². The van der Waals surface area contributed by atoms with Gasteiger partial charge in [0.25, 0.3) is 11.8 Å². The molecule has 0 spiro atoms. The molecule has 9 nitrogen and oxygen atoms in total. The number of amides is 2. The summed E-state index contributed by atoms with van der Waals surface area (Å²) in [5.41, 5.74) is -0.434. The molecule has 1 aliphatic rings. The molecule has 0 saturated carbocycles. The summed E-state index contributed by atoms with van der Waals surface area (Å²) in [5, 5.41) is 14.4. The van der Waals surface area contributed by atoms with E-state index in [0.29, 0.717) is 24.5 Å². The molecule has 3 N–H and O–H groups in total. The van der Waals surface area contributed by atoms with Gasteiger partial charge in [-0.15, -0.1) is 0 Å². The van der Waals surface area contributed by atoms with E-state index >= 15 is 0 Å². The molecule has 1 atom stereocenters. The van der Waals surface area contributed by atoms with Crippen LogP contribution in [-0.2, 0) is 14.3 Å². The van der Waals surface area contributed by atoms with Crippen molar-refractivity contribution in [2.45, 2.75) is 18.4 Å². The van der Waals surface area contributed by atoms with Crippen molar-refractivity contribution in [1.29, 1.82) is 0 Å². The van der Waals surface area contributed by atoms with Crippen molar-refractivity contribution in [2.75, 3.05) is 25.1 Å².